The number of benzene rings is 1. The van der Waals surface area contributed by atoms with E-state index in [1.807, 2.05) is 43.5 Å². The molecule has 5 nitrogen and oxygen atoms in total. The van der Waals surface area contributed by atoms with Gasteiger partial charge in [-0.1, -0.05) is 13.8 Å². The molecule has 7 heteroatoms. The maximum absolute atomic E-state index is 13.0. The molecule has 2 fully saturated rings. The molecule has 1 aliphatic carbocycles. The maximum atomic E-state index is 13.0. The zero-order valence-electron chi connectivity index (χ0n) is 14.9. The van der Waals surface area contributed by atoms with E-state index < -0.39 is 5.54 Å². The lowest BCUT2D eigenvalue weighted by atomic mass is 9.46. The molecule has 2 aromatic rings. The maximum Gasteiger partial charge on any atom is 0.245 e. The number of aromatic nitrogens is 1. The van der Waals surface area contributed by atoms with E-state index >= 15 is 0 Å². The Bertz CT molecular complexity index is 779. The zero-order valence-corrected chi connectivity index (χ0v) is 16.5. The standard InChI is InChI=1S/C19H23N3O2S.ClH/c1-18(2)15-14(4-3-10-24-15)19(18,20)17(23)22-13-7-5-12(6-8-13)16-21-9-11-25-16;/h5-9,11,14-15H,3-4,10,20H2,1-2H3,(H,22,23);1H. The predicted molar refractivity (Wildman–Crippen MR) is 107 cm³/mol. The van der Waals surface area contributed by atoms with Crippen molar-refractivity contribution < 1.29 is 9.53 Å². The van der Waals surface area contributed by atoms with Crippen LogP contribution in [0.2, 0.25) is 0 Å². The first-order chi connectivity index (χ1) is 11.9. The molecule has 1 aliphatic heterocycles. The van der Waals surface area contributed by atoms with Crippen LogP contribution >= 0.6 is 23.7 Å². The molecule has 0 bridgehead atoms. The minimum Gasteiger partial charge on any atom is -0.377 e. The number of nitrogens with one attached hydrogen (secondary N) is 1. The van der Waals surface area contributed by atoms with E-state index in [-0.39, 0.29) is 35.8 Å². The smallest absolute Gasteiger partial charge is 0.245 e. The number of hydrogen-bond acceptors (Lipinski definition) is 5. The molecule has 3 N–H and O–H groups in total. The summed E-state index contributed by atoms with van der Waals surface area (Å²) in [5.74, 6) is -0.0305. The highest BCUT2D eigenvalue weighted by atomic mass is 35.5. The molecule has 2 heterocycles. The molecule has 1 amide bonds. The molecule has 0 radical (unpaired) electrons. The molecule has 3 unspecified atom stereocenters. The van der Waals surface area contributed by atoms with Crippen LogP contribution in [0, 0.1) is 11.3 Å². The second-order valence-corrected chi connectivity index (χ2v) is 8.39. The third-order valence-corrected chi connectivity index (χ3v) is 6.70. The number of anilines is 1. The van der Waals surface area contributed by atoms with Crippen molar-refractivity contribution in [2.45, 2.75) is 38.3 Å². The predicted octanol–water partition coefficient (Wildman–Crippen LogP) is 3.70. The molecule has 1 aromatic carbocycles. The highest BCUT2D eigenvalue weighted by molar-refractivity contribution is 7.13. The van der Waals surface area contributed by atoms with Crippen LogP contribution in [-0.4, -0.2) is 29.1 Å². The lowest BCUT2D eigenvalue weighted by Gasteiger charge is -2.65. The van der Waals surface area contributed by atoms with Gasteiger partial charge in [0.15, 0.2) is 0 Å². The summed E-state index contributed by atoms with van der Waals surface area (Å²) < 4.78 is 5.88. The minimum absolute atomic E-state index is 0. The fraction of sp³-hybridized carbons (Fsp3) is 0.474. The van der Waals surface area contributed by atoms with E-state index in [9.17, 15) is 4.79 Å². The number of carbonyl (C=O) groups is 1. The Morgan fingerprint density at radius 1 is 1.35 bits per heavy atom. The first-order valence-electron chi connectivity index (χ1n) is 8.66. The number of nitrogens with zero attached hydrogens (tertiary/aromatic N) is 1. The molecular weight excluding hydrogens is 370 g/mol. The quantitative estimate of drug-likeness (QED) is 0.833. The van der Waals surface area contributed by atoms with Gasteiger partial charge >= 0.3 is 0 Å². The van der Waals surface area contributed by atoms with Crippen molar-refractivity contribution in [2.24, 2.45) is 17.1 Å². The summed E-state index contributed by atoms with van der Waals surface area (Å²) >= 11 is 1.59. The van der Waals surface area contributed by atoms with E-state index in [1.165, 1.54) is 0 Å². The van der Waals surface area contributed by atoms with Crippen LogP contribution in [0.15, 0.2) is 35.8 Å². The summed E-state index contributed by atoms with van der Waals surface area (Å²) in [6.45, 7) is 4.83. The fourth-order valence-electron chi connectivity index (χ4n) is 4.33. The lowest BCUT2D eigenvalue weighted by Crippen LogP contribution is -2.81. The summed E-state index contributed by atoms with van der Waals surface area (Å²) in [6, 6.07) is 7.74. The Labute approximate surface area is 163 Å². The van der Waals surface area contributed by atoms with E-state index in [0.29, 0.717) is 0 Å². The largest absolute Gasteiger partial charge is 0.377 e. The number of fused-ring (bicyclic) bond motifs is 1. The highest BCUT2D eigenvalue weighted by Crippen LogP contribution is 2.57. The van der Waals surface area contributed by atoms with Crippen molar-refractivity contribution in [1.82, 2.24) is 4.98 Å². The number of ether oxygens (including phenoxy) is 1. The van der Waals surface area contributed by atoms with Gasteiger partial charge in [0.25, 0.3) is 0 Å². The molecule has 1 aromatic heterocycles. The van der Waals surface area contributed by atoms with E-state index in [4.69, 9.17) is 10.5 Å². The van der Waals surface area contributed by atoms with Crippen LogP contribution < -0.4 is 11.1 Å². The van der Waals surface area contributed by atoms with Gasteiger partial charge < -0.3 is 15.8 Å². The average Bonchev–Trinajstić information content (AvgIpc) is 3.16. The van der Waals surface area contributed by atoms with Crippen molar-refractivity contribution in [3.05, 3.63) is 35.8 Å². The number of amides is 1. The second-order valence-electron chi connectivity index (χ2n) is 7.50. The third-order valence-electron chi connectivity index (χ3n) is 5.88. The van der Waals surface area contributed by atoms with Crippen LogP contribution in [0.3, 0.4) is 0 Å². The summed E-state index contributed by atoms with van der Waals surface area (Å²) in [4.78, 5) is 17.3. The van der Waals surface area contributed by atoms with E-state index in [0.717, 1.165) is 35.7 Å². The number of rotatable bonds is 3. The number of halogens is 1. The lowest BCUT2D eigenvalue weighted by molar-refractivity contribution is -0.222. The Morgan fingerprint density at radius 2 is 2.08 bits per heavy atom. The minimum atomic E-state index is -0.897. The van der Waals surface area contributed by atoms with Crippen LogP contribution in [0.5, 0.6) is 0 Å². The average molecular weight is 394 g/mol. The normalized spacial score (nSPS) is 29.0. The van der Waals surface area contributed by atoms with Crippen LogP contribution in [0.25, 0.3) is 10.6 Å². The van der Waals surface area contributed by atoms with Gasteiger partial charge in [0.2, 0.25) is 5.91 Å². The first-order valence-corrected chi connectivity index (χ1v) is 9.54. The fourth-order valence-corrected chi connectivity index (χ4v) is 4.98. The highest BCUT2D eigenvalue weighted by Gasteiger charge is 2.70. The van der Waals surface area contributed by atoms with Crippen molar-refractivity contribution in [1.29, 1.82) is 0 Å². The molecular formula is C19H24ClN3O2S. The summed E-state index contributed by atoms with van der Waals surface area (Å²) in [6.07, 6.45) is 3.77. The van der Waals surface area contributed by atoms with Gasteiger partial charge in [0.05, 0.1) is 6.10 Å². The van der Waals surface area contributed by atoms with Crippen LogP contribution in [0.4, 0.5) is 5.69 Å². The van der Waals surface area contributed by atoms with Gasteiger partial charge in [0, 0.05) is 40.8 Å². The van der Waals surface area contributed by atoms with Gasteiger partial charge in [-0.05, 0) is 37.1 Å². The van der Waals surface area contributed by atoms with Gasteiger partial charge in [-0.2, -0.15) is 0 Å². The van der Waals surface area contributed by atoms with Crippen molar-refractivity contribution in [3.63, 3.8) is 0 Å². The molecule has 2 aliphatic rings. The molecule has 0 spiro atoms. The second kappa shape index (κ2) is 6.93. The monoisotopic (exact) mass is 393 g/mol. The van der Waals surface area contributed by atoms with Crippen LogP contribution in [-0.2, 0) is 9.53 Å². The number of thiazole rings is 1. The Morgan fingerprint density at radius 3 is 2.73 bits per heavy atom. The third kappa shape index (κ3) is 2.76. The molecule has 3 atom stereocenters. The first kappa shape index (κ1) is 19.3. The number of carbonyl (C=O) groups excluding carboxylic acids is 1. The molecule has 26 heavy (non-hydrogen) atoms. The van der Waals surface area contributed by atoms with Crippen molar-refractivity contribution >= 4 is 35.3 Å². The van der Waals surface area contributed by atoms with Crippen molar-refractivity contribution in [2.75, 3.05) is 11.9 Å². The van der Waals surface area contributed by atoms with Crippen LogP contribution in [0.1, 0.15) is 26.7 Å². The van der Waals surface area contributed by atoms with Gasteiger partial charge in [-0.25, -0.2) is 4.98 Å². The summed E-state index contributed by atoms with van der Waals surface area (Å²) in [7, 11) is 0. The number of hydrogen-bond donors (Lipinski definition) is 2. The van der Waals surface area contributed by atoms with E-state index in [1.54, 1.807) is 17.5 Å². The Hall–Kier alpha value is -1.47. The van der Waals surface area contributed by atoms with Gasteiger partial charge in [-0.3, -0.25) is 4.79 Å². The van der Waals surface area contributed by atoms with Gasteiger partial charge in [-0.15, -0.1) is 23.7 Å². The molecule has 140 valence electrons. The molecule has 1 saturated heterocycles. The van der Waals surface area contributed by atoms with Gasteiger partial charge in [0.1, 0.15) is 10.5 Å². The topological polar surface area (TPSA) is 77.2 Å². The Kier molecular flexibility index (Phi) is 5.14. The molecule has 1 saturated carbocycles. The summed E-state index contributed by atoms with van der Waals surface area (Å²) in [5, 5.41) is 5.93. The Balaban J connectivity index is 0.00000196. The summed E-state index contributed by atoms with van der Waals surface area (Å²) in [5.41, 5.74) is 7.16. The SMILES string of the molecule is CC1(C)C2OCCCC2C1(N)C(=O)Nc1ccc(-c2nccs2)cc1.Cl. The van der Waals surface area contributed by atoms with Crippen molar-refractivity contribution in [3.8, 4) is 10.6 Å². The van der Waals surface area contributed by atoms with E-state index in [2.05, 4.69) is 10.3 Å². The molecule has 4 rings (SSSR count). The zero-order chi connectivity index (χ0) is 17.7. The number of nitrogens with two attached hydrogens (primary N) is 1.